The van der Waals surface area contributed by atoms with Gasteiger partial charge in [-0.05, 0) is 159 Å². The number of ether oxygens (including phenoxy) is 10. The third-order valence-corrected chi connectivity index (χ3v) is 22.8. The van der Waals surface area contributed by atoms with Gasteiger partial charge in [0.1, 0.15) is 89.9 Å². The fraction of sp³-hybridized carbons (Fsp3) is 0.706. The van der Waals surface area contributed by atoms with Crippen molar-refractivity contribution in [1.82, 2.24) is 0 Å². The molecular formula is C68H120N4O22S4. The maximum Gasteiger partial charge on any atom is 0.128 e. The topological polar surface area (TPSA) is 321 Å². The van der Waals surface area contributed by atoms with Gasteiger partial charge >= 0.3 is 0 Å². The van der Waals surface area contributed by atoms with Crippen LogP contribution in [-0.2, 0) is 68.9 Å². The molecule has 5 rings (SSSR count). The lowest BCUT2D eigenvalue weighted by atomic mass is 10.1. The molecule has 0 amide bonds. The quantitative estimate of drug-likeness (QED) is 0.0591. The first-order valence-corrected chi connectivity index (χ1v) is 40.4. The average molecular weight is 1470 g/mol. The second-order valence-electron chi connectivity index (χ2n) is 23.1. The van der Waals surface area contributed by atoms with Gasteiger partial charge in [-0.25, -0.2) is 33.7 Å². The molecule has 1 heterocycles. The van der Waals surface area contributed by atoms with Crippen molar-refractivity contribution in [3.63, 3.8) is 0 Å². The zero-order valence-corrected chi connectivity index (χ0v) is 64.9. The molecule has 1 aliphatic rings. The monoisotopic (exact) mass is 1470 g/mol. The van der Waals surface area contributed by atoms with E-state index in [9.17, 15) is 51.9 Å². The zero-order chi connectivity index (χ0) is 74.3. The summed E-state index contributed by atoms with van der Waals surface area (Å²) >= 11 is 0. The van der Waals surface area contributed by atoms with Gasteiger partial charge in [-0.2, -0.15) is 0 Å². The first-order valence-electron chi connectivity index (χ1n) is 34.8. The third-order valence-electron chi connectivity index (χ3n) is 19.3. The Kier molecular flexibility index (Phi) is 43.5. The molecule has 0 saturated heterocycles. The van der Waals surface area contributed by atoms with Crippen molar-refractivity contribution in [2.75, 3.05) is 210 Å². The van der Waals surface area contributed by atoms with Crippen LogP contribution in [0.15, 0.2) is 68.1 Å². The average Bonchev–Trinajstić information content (AvgIpc) is 0.752. The fourth-order valence-corrected chi connectivity index (χ4v) is 14.1. The first kappa shape index (κ1) is 91.9. The highest BCUT2D eigenvalue weighted by molar-refractivity contribution is 7.87. The van der Waals surface area contributed by atoms with Crippen molar-refractivity contribution >= 4 is 62.0 Å². The number of benzene rings is 4. The van der Waals surface area contributed by atoms with Crippen LogP contribution in [0.1, 0.15) is 111 Å². The summed E-state index contributed by atoms with van der Waals surface area (Å²) in [4.78, 5) is -3.39. The number of nitrogens with zero attached hydrogens (tertiary/aromatic N) is 4. The van der Waals surface area contributed by atoms with Crippen LogP contribution in [0.25, 0.3) is 21.5 Å². The van der Waals surface area contributed by atoms with Crippen LogP contribution in [0.3, 0.4) is 0 Å². The Balaban J connectivity index is 0.00000107. The lowest BCUT2D eigenvalue weighted by Crippen LogP contribution is -2.47. The predicted molar refractivity (Wildman–Crippen MR) is 376 cm³/mol. The van der Waals surface area contributed by atoms with Gasteiger partial charge in [0.25, 0.3) is 0 Å². The second-order valence-corrected chi connectivity index (χ2v) is 28.5. The molecule has 26 nitrogen and oxygen atoms in total. The molecule has 98 heavy (non-hydrogen) atoms. The highest BCUT2D eigenvalue weighted by atomic mass is 32.2. The van der Waals surface area contributed by atoms with Crippen LogP contribution in [0.5, 0.6) is 23.0 Å². The van der Waals surface area contributed by atoms with Gasteiger partial charge in [0, 0.05) is 21.5 Å². The van der Waals surface area contributed by atoms with E-state index in [0.29, 0.717) is 0 Å². The number of quaternary nitrogens is 4. The molecule has 0 saturated carbocycles. The van der Waals surface area contributed by atoms with Gasteiger partial charge in [-0.1, -0.05) is 0 Å². The normalized spacial score (nSPS) is 15.6. The van der Waals surface area contributed by atoms with Crippen LogP contribution in [-0.4, -0.2) is 280 Å². The van der Waals surface area contributed by atoms with E-state index >= 15 is 0 Å². The highest BCUT2D eigenvalue weighted by Gasteiger charge is 2.25. The molecule has 0 aliphatic carbocycles. The van der Waals surface area contributed by atoms with E-state index in [0.717, 1.165) is 48.5 Å². The Bertz CT molecular complexity index is 2850. The SMILES string of the molecule is CC[N+](CC)(CC)CC.CC[N+](CC)(CC)CC.CC[N+](CC)(CC)CC.CC[N+](CC)(CC)CC.O=S(=O)([O-])c1ccc2c3c(S(=O)(=O)[O-])ccc(c13)OCCOCCOCCOCCOc1ccc(S(=O)(=O)[O-])c3c(ccc(S(=O)(=O)[O-])c13)OCCOCCOCCOCCO2. The molecule has 0 atom stereocenters. The Hall–Kier alpha value is -4.16. The summed E-state index contributed by atoms with van der Waals surface area (Å²) in [5.41, 5.74) is 0. The van der Waals surface area contributed by atoms with Crippen LogP contribution in [0.2, 0.25) is 0 Å². The molecule has 0 radical (unpaired) electrons. The van der Waals surface area contributed by atoms with Gasteiger partial charge < -0.3 is 83.5 Å². The lowest BCUT2D eigenvalue weighted by molar-refractivity contribution is -0.921. The predicted octanol–water partition coefficient (Wildman–Crippen LogP) is 8.47. The van der Waals surface area contributed by atoms with Crippen LogP contribution in [0.4, 0.5) is 0 Å². The molecule has 0 unspecified atom stereocenters. The number of rotatable bonds is 20. The Morgan fingerprint density at radius 2 is 0.357 bits per heavy atom. The molecule has 4 aromatic rings. The van der Waals surface area contributed by atoms with Gasteiger partial charge in [-0.3, -0.25) is 0 Å². The molecule has 0 fully saturated rings. The van der Waals surface area contributed by atoms with Crippen molar-refractivity contribution in [2.24, 2.45) is 0 Å². The highest BCUT2D eigenvalue weighted by Crippen LogP contribution is 2.43. The second kappa shape index (κ2) is 46.4. The minimum atomic E-state index is -5.22. The van der Waals surface area contributed by atoms with Crippen LogP contribution in [0, 0.1) is 0 Å². The number of hydrogen-bond acceptors (Lipinski definition) is 22. The smallest absolute Gasteiger partial charge is 0.128 e. The van der Waals surface area contributed by atoms with Crippen molar-refractivity contribution in [3.8, 4) is 23.0 Å². The zero-order valence-electron chi connectivity index (χ0n) is 61.6. The van der Waals surface area contributed by atoms with Crippen molar-refractivity contribution < 1.29 is 117 Å². The molecule has 30 heteroatoms. The Morgan fingerprint density at radius 1 is 0.235 bits per heavy atom. The standard InChI is InChI=1S/C36H44O22S4.4C8H20N/c37-59(38,39)29-5-1-25-33-30(60(40,41)42)6-2-26(34(29)33)56-22-18-52-14-11-50-12-16-54-20-24-58-28-4-8-31(61(43,44)45)35-27(3-7-32(36(28)35)62(46,47)48)57-23-19-53-15-10-49-9-13-51-17-21-55-25;4*1-5-9(6-2,7-3)8-4/h1-8H,9-24H2,(H,37,38,39)(H,40,41,42)(H,43,44,45)(H,46,47,48);4*5-8H2,1-4H3/q;4*+1/p-4. The molecular weight excluding hydrogens is 1350 g/mol. The molecule has 8 bridgehead atoms. The first-order chi connectivity index (χ1) is 46.4. The summed E-state index contributed by atoms with van der Waals surface area (Å²) in [7, 11) is -20.9. The van der Waals surface area contributed by atoms with Crippen molar-refractivity contribution in [1.29, 1.82) is 0 Å². The minimum Gasteiger partial charge on any atom is -0.744 e. The Labute approximate surface area is 588 Å². The number of hydrogen-bond donors (Lipinski definition) is 0. The van der Waals surface area contributed by atoms with Gasteiger partial charge in [0.2, 0.25) is 0 Å². The van der Waals surface area contributed by atoms with E-state index in [1.807, 2.05) is 0 Å². The van der Waals surface area contributed by atoms with Crippen LogP contribution >= 0.6 is 0 Å². The van der Waals surface area contributed by atoms with Gasteiger partial charge in [0.15, 0.2) is 0 Å². The molecule has 4 aromatic carbocycles. The van der Waals surface area contributed by atoms with E-state index in [2.05, 4.69) is 111 Å². The molecule has 568 valence electrons. The Morgan fingerprint density at radius 3 is 0.459 bits per heavy atom. The summed E-state index contributed by atoms with van der Waals surface area (Å²) < 4.78 is 208. The summed E-state index contributed by atoms with van der Waals surface area (Å²) in [5, 5.41) is -1.90. The maximum atomic E-state index is 12.3. The fourth-order valence-electron chi connectivity index (χ4n) is 11.4. The van der Waals surface area contributed by atoms with Crippen molar-refractivity contribution in [2.45, 2.75) is 130 Å². The summed E-state index contributed by atoms with van der Waals surface area (Å²) in [6.45, 7) is 56.3. The summed E-state index contributed by atoms with van der Waals surface area (Å²) in [5.74, 6) is -0.957. The van der Waals surface area contributed by atoms with Crippen molar-refractivity contribution in [3.05, 3.63) is 48.5 Å². The van der Waals surface area contributed by atoms with Gasteiger partial charge in [0.05, 0.1) is 204 Å². The molecule has 0 aromatic heterocycles. The van der Waals surface area contributed by atoms with E-state index in [-0.39, 0.29) is 129 Å². The molecule has 1 aliphatic heterocycles. The third kappa shape index (κ3) is 29.7. The minimum absolute atomic E-state index is 0.0544. The van der Waals surface area contributed by atoms with E-state index in [4.69, 9.17) is 47.4 Å². The van der Waals surface area contributed by atoms with Crippen LogP contribution < -0.4 is 18.9 Å². The van der Waals surface area contributed by atoms with E-state index in [1.54, 1.807) is 0 Å². The molecule has 0 spiro atoms. The van der Waals surface area contributed by atoms with E-state index < -0.39 is 81.6 Å². The van der Waals surface area contributed by atoms with Gasteiger partial charge in [-0.15, -0.1) is 0 Å². The summed E-state index contributed by atoms with van der Waals surface area (Å²) in [6.07, 6.45) is 0. The maximum absolute atomic E-state index is 12.3. The largest absolute Gasteiger partial charge is 0.744 e. The molecule has 0 N–H and O–H groups in total. The lowest BCUT2D eigenvalue weighted by Gasteiger charge is -2.34. The van der Waals surface area contributed by atoms with E-state index in [1.165, 1.54) is 123 Å². The summed E-state index contributed by atoms with van der Waals surface area (Å²) in [6, 6.07) is 7.80.